The van der Waals surface area contributed by atoms with Crippen LogP contribution in [0.25, 0.3) is 0 Å². The molecule has 3 heterocycles. The summed E-state index contributed by atoms with van der Waals surface area (Å²) in [6, 6.07) is 7.89. The Morgan fingerprint density at radius 2 is 2.12 bits per heavy atom. The van der Waals surface area contributed by atoms with Crippen LogP contribution in [0.15, 0.2) is 29.6 Å². The normalized spacial score (nSPS) is 18.8. The number of hydrogen-bond donors (Lipinski definition) is 0. The van der Waals surface area contributed by atoms with E-state index >= 15 is 0 Å². The smallest absolute Gasteiger partial charge is 0.273 e. The maximum Gasteiger partial charge on any atom is 0.273 e. The van der Waals surface area contributed by atoms with Crippen LogP contribution in [0.3, 0.4) is 0 Å². The molecule has 2 aliphatic rings. The molecule has 0 radical (unpaired) electrons. The van der Waals surface area contributed by atoms with Gasteiger partial charge in [0.1, 0.15) is 18.1 Å². The fourth-order valence-corrected chi connectivity index (χ4v) is 5.18. The SMILES string of the molecule is CC(C)c1nc(C(=O)N2CCOC3(CCN(Cc4cccc(OCC=O)c4)CC3)C2)cs1. The van der Waals surface area contributed by atoms with Crippen LogP contribution in [0.4, 0.5) is 0 Å². The number of carbonyl (C=O) groups excluding carboxylic acids is 2. The third kappa shape index (κ3) is 5.36. The molecule has 32 heavy (non-hydrogen) atoms. The fourth-order valence-electron chi connectivity index (χ4n) is 4.37. The van der Waals surface area contributed by atoms with Gasteiger partial charge in [-0.25, -0.2) is 4.98 Å². The molecule has 2 fully saturated rings. The molecule has 2 aliphatic heterocycles. The Hall–Kier alpha value is -2.29. The van der Waals surface area contributed by atoms with E-state index in [0.29, 0.717) is 31.3 Å². The fraction of sp³-hybridized carbons (Fsp3) is 0.542. The number of benzene rings is 1. The molecule has 0 bridgehead atoms. The quantitative estimate of drug-likeness (QED) is 0.594. The minimum Gasteiger partial charge on any atom is -0.486 e. The summed E-state index contributed by atoms with van der Waals surface area (Å²) in [5.74, 6) is 1.07. The third-order valence-corrected chi connectivity index (χ3v) is 7.31. The van der Waals surface area contributed by atoms with Crippen LogP contribution in [0.2, 0.25) is 0 Å². The van der Waals surface area contributed by atoms with Crippen LogP contribution < -0.4 is 4.74 Å². The van der Waals surface area contributed by atoms with Gasteiger partial charge in [0.2, 0.25) is 0 Å². The van der Waals surface area contributed by atoms with Crippen molar-refractivity contribution >= 4 is 23.5 Å². The summed E-state index contributed by atoms with van der Waals surface area (Å²) < 4.78 is 11.6. The van der Waals surface area contributed by atoms with E-state index in [1.54, 1.807) is 11.3 Å². The number of piperidine rings is 1. The highest BCUT2D eigenvalue weighted by Crippen LogP contribution is 2.32. The van der Waals surface area contributed by atoms with Gasteiger partial charge in [-0.2, -0.15) is 0 Å². The molecule has 0 unspecified atom stereocenters. The van der Waals surface area contributed by atoms with Crippen molar-refractivity contribution in [3.8, 4) is 5.75 Å². The second-order valence-electron chi connectivity index (χ2n) is 8.89. The summed E-state index contributed by atoms with van der Waals surface area (Å²) in [5, 5.41) is 2.89. The molecule has 172 valence electrons. The average Bonchev–Trinajstić information content (AvgIpc) is 3.30. The minimum absolute atomic E-state index is 0.0189. The molecule has 1 spiro atoms. The molecule has 1 amide bonds. The average molecular weight is 458 g/mol. The minimum atomic E-state index is -0.268. The highest BCUT2D eigenvalue weighted by molar-refractivity contribution is 7.09. The van der Waals surface area contributed by atoms with E-state index in [1.807, 2.05) is 28.5 Å². The number of thiazole rings is 1. The van der Waals surface area contributed by atoms with Crippen molar-refractivity contribution in [2.45, 2.75) is 44.8 Å². The van der Waals surface area contributed by atoms with Gasteiger partial charge >= 0.3 is 0 Å². The van der Waals surface area contributed by atoms with Crippen molar-refractivity contribution in [3.05, 3.63) is 45.9 Å². The summed E-state index contributed by atoms with van der Waals surface area (Å²) in [5.41, 5.74) is 1.45. The molecule has 8 heteroatoms. The number of hydrogen-bond acceptors (Lipinski definition) is 7. The van der Waals surface area contributed by atoms with E-state index in [-0.39, 0.29) is 18.1 Å². The lowest BCUT2D eigenvalue weighted by atomic mass is 9.89. The molecule has 2 saturated heterocycles. The third-order valence-electron chi connectivity index (χ3n) is 6.16. The van der Waals surface area contributed by atoms with Crippen LogP contribution in [-0.2, 0) is 16.1 Å². The van der Waals surface area contributed by atoms with Crippen LogP contribution in [0, 0.1) is 0 Å². The topological polar surface area (TPSA) is 72.0 Å². The van der Waals surface area contributed by atoms with Crippen LogP contribution in [0.1, 0.15) is 53.7 Å². The monoisotopic (exact) mass is 457 g/mol. The van der Waals surface area contributed by atoms with Gasteiger partial charge in [0.05, 0.1) is 23.8 Å². The number of morpholine rings is 1. The van der Waals surface area contributed by atoms with Gasteiger partial charge in [0.15, 0.2) is 6.29 Å². The zero-order valence-corrected chi connectivity index (χ0v) is 19.6. The largest absolute Gasteiger partial charge is 0.486 e. The Kier molecular flexibility index (Phi) is 7.23. The zero-order chi connectivity index (χ0) is 22.6. The number of aromatic nitrogens is 1. The van der Waals surface area contributed by atoms with Crippen molar-refractivity contribution < 1.29 is 19.1 Å². The first-order valence-electron chi connectivity index (χ1n) is 11.2. The van der Waals surface area contributed by atoms with E-state index in [9.17, 15) is 9.59 Å². The Balaban J connectivity index is 1.33. The number of aldehydes is 1. The maximum atomic E-state index is 13.0. The number of likely N-dealkylation sites (tertiary alicyclic amines) is 1. The predicted octanol–water partition coefficient (Wildman–Crippen LogP) is 3.35. The number of amides is 1. The maximum absolute atomic E-state index is 13.0. The van der Waals surface area contributed by atoms with Gasteiger partial charge in [-0.15, -0.1) is 11.3 Å². The number of rotatable bonds is 7. The first-order valence-corrected chi connectivity index (χ1v) is 12.1. The van der Waals surface area contributed by atoms with Crippen molar-refractivity contribution in [3.63, 3.8) is 0 Å². The highest BCUT2D eigenvalue weighted by Gasteiger charge is 2.41. The predicted molar refractivity (Wildman–Crippen MR) is 123 cm³/mol. The van der Waals surface area contributed by atoms with E-state index in [0.717, 1.165) is 55.1 Å². The van der Waals surface area contributed by atoms with Gasteiger partial charge in [0.25, 0.3) is 5.91 Å². The standard InChI is InChI=1S/C24H31N3O4S/c1-18(2)22-25-21(16-32-22)23(29)27-10-12-31-24(17-27)6-8-26(9-7-24)15-19-4-3-5-20(14-19)30-13-11-28/h3-5,11,14,16,18H,6-10,12-13,15,17H2,1-2H3. The first kappa shape index (κ1) is 22.9. The van der Waals surface area contributed by atoms with Crippen LogP contribution in [-0.4, -0.2) is 72.0 Å². The molecule has 0 saturated carbocycles. The molecule has 4 rings (SSSR count). The number of nitrogens with zero attached hydrogens (tertiary/aromatic N) is 3. The summed E-state index contributed by atoms with van der Waals surface area (Å²) in [6.07, 6.45) is 2.55. The molecular formula is C24H31N3O4S. The van der Waals surface area contributed by atoms with Gasteiger partial charge in [-0.05, 0) is 30.5 Å². The van der Waals surface area contributed by atoms with E-state index in [1.165, 1.54) is 0 Å². The van der Waals surface area contributed by atoms with Gasteiger partial charge in [-0.3, -0.25) is 14.5 Å². The van der Waals surface area contributed by atoms with Crippen molar-refractivity contribution in [2.24, 2.45) is 0 Å². The number of ether oxygens (including phenoxy) is 2. The molecule has 1 aromatic carbocycles. The van der Waals surface area contributed by atoms with E-state index < -0.39 is 0 Å². The molecule has 0 N–H and O–H groups in total. The molecule has 1 aromatic heterocycles. The second-order valence-corrected chi connectivity index (χ2v) is 9.77. The van der Waals surface area contributed by atoms with Gasteiger partial charge in [0, 0.05) is 37.5 Å². The Morgan fingerprint density at radius 1 is 1.31 bits per heavy atom. The Morgan fingerprint density at radius 3 is 2.84 bits per heavy atom. The first-order chi connectivity index (χ1) is 15.5. The lowest BCUT2D eigenvalue weighted by Crippen LogP contribution is -2.58. The lowest BCUT2D eigenvalue weighted by Gasteiger charge is -2.47. The Bertz CT molecular complexity index is 937. The van der Waals surface area contributed by atoms with Crippen LogP contribution in [0.5, 0.6) is 5.75 Å². The molecule has 2 aromatic rings. The Labute approximate surface area is 193 Å². The van der Waals surface area contributed by atoms with Gasteiger partial charge < -0.3 is 14.4 Å². The van der Waals surface area contributed by atoms with Crippen LogP contribution >= 0.6 is 11.3 Å². The van der Waals surface area contributed by atoms with E-state index in [4.69, 9.17) is 9.47 Å². The lowest BCUT2D eigenvalue weighted by molar-refractivity contribution is -0.128. The molecule has 0 aliphatic carbocycles. The summed E-state index contributed by atoms with van der Waals surface area (Å²) in [6.45, 7) is 8.73. The second kappa shape index (κ2) is 10.1. The van der Waals surface area contributed by atoms with Crippen molar-refractivity contribution in [1.82, 2.24) is 14.8 Å². The summed E-state index contributed by atoms with van der Waals surface area (Å²) >= 11 is 1.56. The molecule has 0 atom stereocenters. The zero-order valence-electron chi connectivity index (χ0n) is 18.8. The van der Waals surface area contributed by atoms with Crippen molar-refractivity contribution in [2.75, 3.05) is 39.4 Å². The van der Waals surface area contributed by atoms with Gasteiger partial charge in [-0.1, -0.05) is 26.0 Å². The molecular weight excluding hydrogens is 426 g/mol. The van der Waals surface area contributed by atoms with Crippen molar-refractivity contribution in [1.29, 1.82) is 0 Å². The summed E-state index contributed by atoms with van der Waals surface area (Å²) in [7, 11) is 0. The number of carbonyl (C=O) groups is 2. The van der Waals surface area contributed by atoms with E-state index in [2.05, 4.69) is 29.8 Å². The highest BCUT2D eigenvalue weighted by atomic mass is 32.1. The molecule has 7 nitrogen and oxygen atoms in total. The summed E-state index contributed by atoms with van der Waals surface area (Å²) in [4.78, 5) is 32.5.